The van der Waals surface area contributed by atoms with Crippen LogP contribution in [0.3, 0.4) is 0 Å². The molecule has 0 spiro atoms. The Kier molecular flexibility index (Phi) is 6.51. The number of piperidine rings is 1. The van der Waals surface area contributed by atoms with Crippen molar-refractivity contribution in [2.24, 2.45) is 0 Å². The van der Waals surface area contributed by atoms with Gasteiger partial charge in [0, 0.05) is 30.5 Å². The number of methoxy groups -OCH3 is 1. The van der Waals surface area contributed by atoms with E-state index >= 15 is 0 Å². The number of rotatable bonds is 2. The number of urea groups is 1. The number of anilines is 1. The minimum Gasteiger partial charge on any atom is -0.491 e. The van der Waals surface area contributed by atoms with Crippen molar-refractivity contribution in [2.45, 2.75) is 63.0 Å². The molecule has 1 aromatic heterocycles. The van der Waals surface area contributed by atoms with Gasteiger partial charge in [0.2, 0.25) is 5.95 Å². The predicted molar refractivity (Wildman–Crippen MR) is 142 cm³/mol. The van der Waals surface area contributed by atoms with Crippen LogP contribution >= 0.6 is 0 Å². The molecule has 13 heteroatoms. The number of aryl methyl sites for hydroxylation is 1. The zero-order valence-corrected chi connectivity index (χ0v) is 22.5. The van der Waals surface area contributed by atoms with Crippen LogP contribution in [-0.2, 0) is 11.3 Å². The van der Waals surface area contributed by atoms with Crippen LogP contribution in [0.15, 0.2) is 30.3 Å². The summed E-state index contributed by atoms with van der Waals surface area (Å²) in [5.74, 6) is 0.939. The lowest BCUT2D eigenvalue weighted by atomic mass is 9.85. The van der Waals surface area contributed by atoms with Crippen LogP contribution in [0.2, 0.25) is 0 Å². The van der Waals surface area contributed by atoms with Crippen molar-refractivity contribution in [1.82, 2.24) is 19.8 Å². The number of benzene rings is 2. The Morgan fingerprint density at radius 1 is 1.17 bits per heavy atom. The fourth-order valence-corrected chi connectivity index (χ4v) is 6.37. The Balaban J connectivity index is 1.25. The van der Waals surface area contributed by atoms with Crippen LogP contribution in [0.1, 0.15) is 36.8 Å². The van der Waals surface area contributed by atoms with Gasteiger partial charge in [0.15, 0.2) is 5.60 Å². The van der Waals surface area contributed by atoms with Crippen molar-refractivity contribution < 1.29 is 37.3 Å². The second-order valence-electron chi connectivity index (χ2n) is 11.0. The number of aliphatic hydroxyl groups is 1. The number of alkyl halides is 3. The lowest BCUT2D eigenvalue weighted by molar-refractivity contribution is -0.277. The van der Waals surface area contributed by atoms with Crippen LogP contribution < -0.4 is 10.1 Å². The number of amides is 3. The maximum Gasteiger partial charge on any atom is 0.417 e. The zero-order chi connectivity index (χ0) is 29.1. The molecule has 3 aliphatic rings. The number of H-pyrrole nitrogens is 1. The summed E-state index contributed by atoms with van der Waals surface area (Å²) in [4.78, 5) is 35.8. The second-order valence-corrected chi connectivity index (χ2v) is 11.0. The number of ether oxygens (including phenoxy) is 2. The summed E-state index contributed by atoms with van der Waals surface area (Å²) in [6.45, 7) is 2.71. The molecular weight excluding hydrogens is 543 g/mol. The second kappa shape index (κ2) is 9.82. The fraction of sp³-hybridized carbons (Fsp3) is 0.464. The third-order valence-electron chi connectivity index (χ3n) is 8.33. The van der Waals surface area contributed by atoms with Crippen LogP contribution in [-0.4, -0.2) is 81.1 Å². The van der Waals surface area contributed by atoms with Crippen LogP contribution in [0.4, 0.5) is 28.7 Å². The summed E-state index contributed by atoms with van der Waals surface area (Å²) in [7, 11) is 1.26. The SMILES string of the molecule is COC(=O)Nc1nc2ccc(-c3cc(C)c4c(c3)CN(C(=O)N3C5CCC3CC(O)(C(F)(F)F)C5)CCO4)cc2[nH]1. The summed E-state index contributed by atoms with van der Waals surface area (Å²) < 4.78 is 51.3. The Hall–Kier alpha value is -4.00. The van der Waals surface area contributed by atoms with Crippen molar-refractivity contribution in [3.8, 4) is 16.9 Å². The third kappa shape index (κ3) is 4.81. The van der Waals surface area contributed by atoms with Gasteiger partial charge in [-0.3, -0.25) is 5.32 Å². The maximum absolute atomic E-state index is 13.7. The summed E-state index contributed by atoms with van der Waals surface area (Å²) in [5.41, 5.74) is 2.03. The first kappa shape index (κ1) is 27.2. The number of hydrogen-bond donors (Lipinski definition) is 3. The highest BCUT2D eigenvalue weighted by atomic mass is 19.4. The average Bonchev–Trinajstić information content (AvgIpc) is 3.34. The maximum atomic E-state index is 13.7. The molecule has 2 fully saturated rings. The number of carbonyl (C=O) groups excluding carboxylic acids is 2. The molecule has 3 N–H and O–H groups in total. The Bertz CT molecular complexity index is 1510. The molecule has 3 aromatic rings. The fourth-order valence-electron chi connectivity index (χ4n) is 6.37. The number of nitrogens with one attached hydrogen (secondary N) is 2. The predicted octanol–water partition coefficient (Wildman–Crippen LogP) is 4.95. The van der Waals surface area contributed by atoms with Crippen molar-refractivity contribution in [1.29, 1.82) is 0 Å². The highest BCUT2D eigenvalue weighted by Gasteiger charge is 2.61. The summed E-state index contributed by atoms with van der Waals surface area (Å²) in [6.07, 6.45) is -5.51. The molecular formula is C28H30F3N5O5. The van der Waals surface area contributed by atoms with E-state index in [0.717, 1.165) is 22.3 Å². The topological polar surface area (TPSA) is 120 Å². The molecule has 0 saturated carbocycles. The number of imidazole rings is 1. The van der Waals surface area contributed by atoms with E-state index in [9.17, 15) is 27.9 Å². The lowest BCUT2D eigenvalue weighted by Gasteiger charge is -2.45. The van der Waals surface area contributed by atoms with E-state index in [4.69, 9.17) is 4.74 Å². The van der Waals surface area contributed by atoms with Gasteiger partial charge in [0.25, 0.3) is 0 Å². The normalized spacial score (nSPS) is 24.0. The van der Waals surface area contributed by atoms with E-state index in [1.165, 1.54) is 7.11 Å². The van der Waals surface area contributed by atoms with Gasteiger partial charge in [0.05, 0.1) is 31.2 Å². The third-order valence-corrected chi connectivity index (χ3v) is 8.33. The summed E-state index contributed by atoms with van der Waals surface area (Å²) in [6, 6.07) is 7.92. The molecule has 4 heterocycles. The van der Waals surface area contributed by atoms with Crippen LogP contribution in [0, 0.1) is 6.92 Å². The molecule has 0 aliphatic carbocycles. The van der Waals surface area contributed by atoms with E-state index in [1.54, 1.807) is 9.80 Å². The summed E-state index contributed by atoms with van der Waals surface area (Å²) in [5, 5.41) is 12.8. The molecule has 3 aliphatic heterocycles. The Morgan fingerprint density at radius 2 is 1.90 bits per heavy atom. The number of fused-ring (bicyclic) bond motifs is 4. The molecule has 218 valence electrons. The van der Waals surface area contributed by atoms with Crippen molar-refractivity contribution in [3.05, 3.63) is 41.5 Å². The van der Waals surface area contributed by atoms with E-state index in [-0.39, 0.29) is 31.7 Å². The number of aromatic nitrogens is 2. The minimum absolute atomic E-state index is 0.238. The number of hydrogen-bond acceptors (Lipinski definition) is 6. The van der Waals surface area contributed by atoms with Crippen LogP contribution in [0.5, 0.6) is 5.75 Å². The van der Waals surface area contributed by atoms with Crippen molar-refractivity contribution in [3.63, 3.8) is 0 Å². The molecule has 2 aromatic carbocycles. The van der Waals surface area contributed by atoms with E-state index in [0.29, 0.717) is 29.6 Å². The van der Waals surface area contributed by atoms with Gasteiger partial charge in [-0.25, -0.2) is 14.6 Å². The largest absolute Gasteiger partial charge is 0.491 e. The van der Waals surface area contributed by atoms with Crippen molar-refractivity contribution >= 4 is 29.1 Å². The van der Waals surface area contributed by atoms with Gasteiger partial charge in [0.1, 0.15) is 12.4 Å². The highest BCUT2D eigenvalue weighted by molar-refractivity contribution is 5.88. The molecule has 6 rings (SSSR count). The molecule has 41 heavy (non-hydrogen) atoms. The van der Waals surface area contributed by atoms with Crippen molar-refractivity contribution in [2.75, 3.05) is 25.6 Å². The van der Waals surface area contributed by atoms with E-state index < -0.39 is 42.8 Å². The smallest absolute Gasteiger partial charge is 0.417 e. The highest BCUT2D eigenvalue weighted by Crippen LogP contribution is 2.48. The van der Waals surface area contributed by atoms with Gasteiger partial charge in [-0.2, -0.15) is 13.2 Å². The van der Waals surface area contributed by atoms with Gasteiger partial charge in [-0.15, -0.1) is 0 Å². The molecule has 3 amide bonds. The average molecular weight is 574 g/mol. The Labute approximate surface area is 233 Å². The number of halogens is 3. The van der Waals surface area contributed by atoms with Crippen LogP contribution in [0.25, 0.3) is 22.2 Å². The lowest BCUT2D eigenvalue weighted by Crippen LogP contribution is -2.60. The van der Waals surface area contributed by atoms with Gasteiger partial charge < -0.3 is 29.4 Å². The first-order valence-electron chi connectivity index (χ1n) is 13.4. The number of nitrogens with zero attached hydrogens (tertiary/aromatic N) is 3. The van der Waals surface area contributed by atoms with E-state index in [1.807, 2.05) is 37.3 Å². The Morgan fingerprint density at radius 3 is 2.59 bits per heavy atom. The van der Waals surface area contributed by atoms with Gasteiger partial charge in [-0.05, 0) is 60.7 Å². The van der Waals surface area contributed by atoms with Gasteiger partial charge in [-0.1, -0.05) is 6.07 Å². The number of carbonyl (C=O) groups is 2. The molecule has 2 unspecified atom stereocenters. The molecule has 0 radical (unpaired) electrons. The first-order chi connectivity index (χ1) is 19.5. The summed E-state index contributed by atoms with van der Waals surface area (Å²) >= 11 is 0. The molecule has 2 atom stereocenters. The molecule has 2 saturated heterocycles. The minimum atomic E-state index is -4.73. The first-order valence-corrected chi connectivity index (χ1v) is 13.4. The number of aromatic amines is 1. The molecule has 2 bridgehead atoms. The monoisotopic (exact) mass is 573 g/mol. The quantitative estimate of drug-likeness (QED) is 0.399. The molecule has 10 nitrogen and oxygen atoms in total. The van der Waals surface area contributed by atoms with E-state index in [2.05, 4.69) is 20.0 Å². The zero-order valence-electron chi connectivity index (χ0n) is 22.5. The van der Waals surface area contributed by atoms with Gasteiger partial charge >= 0.3 is 18.3 Å². The standard InChI is InChI=1S/C28H30F3N5O5/c1-15-9-17(16-3-6-21-22(11-16)33-24(32-21)34-25(37)40-2)10-18-14-35(7-8-41-23(15)18)26(38)36-19-4-5-20(36)13-27(39,12-19)28(29,30)31/h3,6,9-11,19-20,39H,4-5,7-8,12-14H2,1-2H3,(H2,32,33,34,37).